The molecule has 0 saturated heterocycles. The van der Waals surface area contributed by atoms with Crippen molar-refractivity contribution in [3.63, 3.8) is 0 Å². The summed E-state index contributed by atoms with van der Waals surface area (Å²) in [7, 11) is 0. The summed E-state index contributed by atoms with van der Waals surface area (Å²) < 4.78 is 13.5. The second-order valence-corrected chi connectivity index (χ2v) is 4.08. The summed E-state index contributed by atoms with van der Waals surface area (Å²) in [5, 5.41) is 2.93. The van der Waals surface area contributed by atoms with Crippen molar-refractivity contribution >= 4 is 28.9 Å². The maximum atomic E-state index is 13.5. The van der Waals surface area contributed by atoms with Crippen molar-refractivity contribution in [3.05, 3.63) is 58.9 Å². The lowest BCUT2D eigenvalue weighted by Gasteiger charge is -2.07. The van der Waals surface area contributed by atoms with Crippen LogP contribution in [-0.4, -0.2) is 5.91 Å². The average molecular weight is 265 g/mol. The van der Waals surface area contributed by atoms with Crippen molar-refractivity contribution in [2.45, 2.75) is 0 Å². The SMILES string of the molecule is Nc1ccc(C(=O)Nc2ccccc2Cl)c(F)c1. The van der Waals surface area contributed by atoms with E-state index in [4.69, 9.17) is 17.3 Å². The van der Waals surface area contributed by atoms with Crippen LogP contribution in [0.4, 0.5) is 15.8 Å². The molecule has 2 aromatic rings. The Morgan fingerprint density at radius 1 is 1.22 bits per heavy atom. The first-order valence-electron chi connectivity index (χ1n) is 5.19. The Morgan fingerprint density at radius 3 is 2.61 bits per heavy atom. The Balaban J connectivity index is 2.25. The summed E-state index contributed by atoms with van der Waals surface area (Å²) >= 11 is 5.89. The van der Waals surface area contributed by atoms with Crippen LogP contribution in [0.25, 0.3) is 0 Å². The fourth-order valence-electron chi connectivity index (χ4n) is 1.47. The lowest BCUT2D eigenvalue weighted by Crippen LogP contribution is -2.14. The molecule has 1 amide bonds. The molecule has 0 aromatic heterocycles. The lowest BCUT2D eigenvalue weighted by molar-refractivity contribution is 0.102. The number of halogens is 2. The standard InChI is InChI=1S/C13H10ClFN2O/c14-10-3-1-2-4-12(10)17-13(18)9-6-5-8(16)7-11(9)15/h1-7H,16H2,(H,17,18). The van der Waals surface area contributed by atoms with E-state index in [1.54, 1.807) is 24.3 Å². The molecule has 0 saturated carbocycles. The Kier molecular flexibility index (Phi) is 3.48. The molecule has 0 heterocycles. The maximum Gasteiger partial charge on any atom is 0.258 e. The molecule has 0 aliphatic heterocycles. The highest BCUT2D eigenvalue weighted by Crippen LogP contribution is 2.22. The van der Waals surface area contributed by atoms with Crippen LogP contribution in [-0.2, 0) is 0 Å². The Labute approximate surface area is 108 Å². The molecule has 0 atom stereocenters. The summed E-state index contributed by atoms with van der Waals surface area (Å²) in [5.74, 6) is -1.24. The van der Waals surface area contributed by atoms with E-state index in [-0.39, 0.29) is 11.3 Å². The number of hydrogen-bond acceptors (Lipinski definition) is 2. The van der Waals surface area contributed by atoms with Gasteiger partial charge in [0.25, 0.3) is 5.91 Å². The van der Waals surface area contributed by atoms with Gasteiger partial charge in [0.2, 0.25) is 0 Å². The molecule has 3 N–H and O–H groups in total. The number of nitrogen functional groups attached to an aromatic ring is 1. The van der Waals surface area contributed by atoms with Crippen molar-refractivity contribution < 1.29 is 9.18 Å². The van der Waals surface area contributed by atoms with E-state index >= 15 is 0 Å². The molecule has 92 valence electrons. The van der Waals surface area contributed by atoms with E-state index in [1.807, 2.05) is 0 Å². The zero-order chi connectivity index (χ0) is 13.1. The van der Waals surface area contributed by atoms with Crippen LogP contribution in [0.3, 0.4) is 0 Å². The summed E-state index contributed by atoms with van der Waals surface area (Å²) in [6.07, 6.45) is 0. The van der Waals surface area contributed by atoms with Gasteiger partial charge < -0.3 is 11.1 Å². The number of carbonyl (C=O) groups is 1. The molecule has 0 aliphatic rings. The summed E-state index contributed by atoms with van der Waals surface area (Å²) in [4.78, 5) is 11.8. The lowest BCUT2D eigenvalue weighted by atomic mass is 10.1. The molecule has 0 fully saturated rings. The minimum absolute atomic E-state index is 0.0795. The van der Waals surface area contributed by atoms with Crippen LogP contribution in [0.1, 0.15) is 10.4 Å². The van der Waals surface area contributed by atoms with Crippen molar-refractivity contribution in [1.29, 1.82) is 0 Å². The van der Waals surface area contributed by atoms with Gasteiger partial charge in [-0.05, 0) is 30.3 Å². The van der Waals surface area contributed by atoms with Crippen molar-refractivity contribution in [2.24, 2.45) is 0 Å². The van der Waals surface area contributed by atoms with Crippen LogP contribution >= 0.6 is 11.6 Å². The number of nitrogens with two attached hydrogens (primary N) is 1. The third-order valence-electron chi connectivity index (χ3n) is 2.36. The van der Waals surface area contributed by atoms with Crippen LogP contribution in [0.5, 0.6) is 0 Å². The van der Waals surface area contributed by atoms with E-state index in [0.29, 0.717) is 10.7 Å². The quantitative estimate of drug-likeness (QED) is 0.818. The fraction of sp³-hybridized carbons (Fsp3) is 0. The minimum Gasteiger partial charge on any atom is -0.399 e. The van der Waals surface area contributed by atoms with Crippen molar-refractivity contribution in [1.82, 2.24) is 0 Å². The van der Waals surface area contributed by atoms with Gasteiger partial charge in [-0.25, -0.2) is 4.39 Å². The molecule has 5 heteroatoms. The van der Waals surface area contributed by atoms with Gasteiger partial charge >= 0.3 is 0 Å². The van der Waals surface area contributed by atoms with Gasteiger partial charge in [-0.2, -0.15) is 0 Å². The minimum atomic E-state index is -0.667. The first-order chi connectivity index (χ1) is 8.58. The molecule has 0 radical (unpaired) electrons. The van der Waals surface area contributed by atoms with Gasteiger partial charge in [0.1, 0.15) is 5.82 Å². The number of hydrogen-bond donors (Lipinski definition) is 2. The highest BCUT2D eigenvalue weighted by Gasteiger charge is 2.12. The van der Waals surface area contributed by atoms with Crippen molar-refractivity contribution in [3.8, 4) is 0 Å². The van der Waals surface area contributed by atoms with Gasteiger partial charge in [0, 0.05) is 5.69 Å². The first-order valence-corrected chi connectivity index (χ1v) is 5.56. The second kappa shape index (κ2) is 5.06. The van der Waals surface area contributed by atoms with Crippen LogP contribution in [0, 0.1) is 5.82 Å². The van der Waals surface area contributed by atoms with E-state index in [1.165, 1.54) is 12.1 Å². The number of para-hydroxylation sites is 1. The molecule has 3 nitrogen and oxygen atoms in total. The van der Waals surface area contributed by atoms with Gasteiger partial charge in [-0.3, -0.25) is 4.79 Å². The molecule has 0 spiro atoms. The molecule has 18 heavy (non-hydrogen) atoms. The van der Waals surface area contributed by atoms with E-state index < -0.39 is 11.7 Å². The summed E-state index contributed by atoms with van der Waals surface area (Å²) in [6, 6.07) is 10.6. The summed E-state index contributed by atoms with van der Waals surface area (Å²) in [5.41, 5.74) is 6.03. The monoisotopic (exact) mass is 264 g/mol. The Morgan fingerprint density at radius 2 is 1.94 bits per heavy atom. The van der Waals surface area contributed by atoms with Gasteiger partial charge in [0.15, 0.2) is 0 Å². The molecular weight excluding hydrogens is 255 g/mol. The first kappa shape index (κ1) is 12.4. The van der Waals surface area contributed by atoms with Gasteiger partial charge in [0.05, 0.1) is 16.3 Å². The normalized spacial score (nSPS) is 10.1. The molecular formula is C13H10ClFN2O. The van der Waals surface area contributed by atoms with Crippen LogP contribution in [0.2, 0.25) is 5.02 Å². The zero-order valence-corrected chi connectivity index (χ0v) is 10.0. The molecule has 2 rings (SSSR count). The van der Waals surface area contributed by atoms with Crippen LogP contribution in [0.15, 0.2) is 42.5 Å². The van der Waals surface area contributed by atoms with Gasteiger partial charge in [-0.15, -0.1) is 0 Å². The number of benzene rings is 2. The predicted octanol–water partition coefficient (Wildman–Crippen LogP) is 3.31. The Hall–Kier alpha value is -2.07. The maximum absolute atomic E-state index is 13.5. The molecule has 0 unspecified atom stereocenters. The molecule has 0 bridgehead atoms. The summed E-state index contributed by atoms with van der Waals surface area (Å²) in [6.45, 7) is 0. The molecule has 2 aromatic carbocycles. The van der Waals surface area contributed by atoms with Crippen molar-refractivity contribution in [2.75, 3.05) is 11.1 Å². The average Bonchev–Trinajstić information content (AvgIpc) is 2.32. The van der Waals surface area contributed by atoms with E-state index in [2.05, 4.69) is 5.32 Å². The zero-order valence-electron chi connectivity index (χ0n) is 9.28. The number of nitrogens with one attached hydrogen (secondary N) is 1. The van der Waals surface area contributed by atoms with Gasteiger partial charge in [-0.1, -0.05) is 23.7 Å². The third-order valence-corrected chi connectivity index (χ3v) is 2.69. The predicted molar refractivity (Wildman–Crippen MR) is 70.2 cm³/mol. The second-order valence-electron chi connectivity index (χ2n) is 3.67. The highest BCUT2D eigenvalue weighted by molar-refractivity contribution is 6.33. The number of amides is 1. The number of rotatable bonds is 2. The Bertz CT molecular complexity index is 601. The number of anilines is 2. The van der Waals surface area contributed by atoms with Crippen LogP contribution < -0.4 is 11.1 Å². The van der Waals surface area contributed by atoms with E-state index in [9.17, 15) is 9.18 Å². The molecule has 0 aliphatic carbocycles. The fourth-order valence-corrected chi connectivity index (χ4v) is 1.65. The largest absolute Gasteiger partial charge is 0.399 e. The third kappa shape index (κ3) is 2.60. The number of carbonyl (C=O) groups excluding carboxylic acids is 1. The smallest absolute Gasteiger partial charge is 0.258 e. The highest BCUT2D eigenvalue weighted by atomic mass is 35.5. The van der Waals surface area contributed by atoms with E-state index in [0.717, 1.165) is 6.07 Å². The topological polar surface area (TPSA) is 55.1 Å².